The molecule has 2 aromatic rings. The summed E-state index contributed by atoms with van der Waals surface area (Å²) in [4.78, 5) is 47.9. The molecule has 0 aliphatic carbocycles. The second-order valence-electron chi connectivity index (χ2n) is 7.42. The molecule has 1 saturated heterocycles. The fourth-order valence-electron chi connectivity index (χ4n) is 3.64. The number of anilines is 1. The summed E-state index contributed by atoms with van der Waals surface area (Å²) in [5, 5.41) is 19.4. The molecule has 1 fully saturated rings. The molecule has 2 amide bonds. The Bertz CT molecular complexity index is 1270. The molecule has 182 valence electrons. The van der Waals surface area contributed by atoms with Crippen LogP contribution in [0.1, 0.15) is 11.3 Å². The van der Waals surface area contributed by atoms with Crippen LogP contribution in [0.4, 0.5) is 5.13 Å². The highest BCUT2D eigenvalue weighted by Gasteiger charge is 2.53. The molecule has 0 aromatic carbocycles. The fourth-order valence-corrected chi connectivity index (χ4v) is 5.66. The van der Waals surface area contributed by atoms with Gasteiger partial charge in [-0.1, -0.05) is 17.4 Å². The lowest BCUT2D eigenvalue weighted by Gasteiger charge is -2.50. The van der Waals surface area contributed by atoms with Crippen LogP contribution in [0.15, 0.2) is 46.3 Å². The van der Waals surface area contributed by atoms with Gasteiger partial charge in [-0.2, -0.15) is 0 Å². The lowest BCUT2D eigenvalue weighted by molar-refractivity contribution is -0.689. The van der Waals surface area contributed by atoms with Crippen LogP contribution in [0.25, 0.3) is 0 Å². The summed E-state index contributed by atoms with van der Waals surface area (Å²) in [5.74, 6) is -2.43. The number of amides is 2. The van der Waals surface area contributed by atoms with Crippen molar-refractivity contribution in [3.05, 3.63) is 52.4 Å². The third kappa shape index (κ3) is 4.82. The summed E-state index contributed by atoms with van der Waals surface area (Å²) in [6, 6.07) is 2.48. The molecule has 12 nitrogen and oxygen atoms in total. The Morgan fingerprint density at radius 3 is 2.71 bits per heavy atom. The first-order valence-corrected chi connectivity index (χ1v) is 12.3. The zero-order valence-electron chi connectivity index (χ0n) is 18.2. The summed E-state index contributed by atoms with van der Waals surface area (Å²) >= 11 is 7.39. The number of hydrogen-bond acceptors (Lipinski definition) is 11. The maximum atomic E-state index is 12.9. The molecule has 2 aromatic heterocycles. The highest BCUT2D eigenvalue weighted by molar-refractivity contribution is 8.00. The Labute approximate surface area is 212 Å². The molecule has 0 spiro atoms. The van der Waals surface area contributed by atoms with E-state index in [2.05, 4.69) is 15.5 Å². The Morgan fingerprint density at radius 1 is 1.43 bits per heavy atom. The van der Waals surface area contributed by atoms with Crippen molar-refractivity contribution in [1.82, 2.24) is 15.2 Å². The van der Waals surface area contributed by atoms with Crippen molar-refractivity contribution in [2.75, 3.05) is 18.6 Å². The van der Waals surface area contributed by atoms with Gasteiger partial charge >= 0.3 is 0 Å². The van der Waals surface area contributed by atoms with E-state index in [1.807, 2.05) is 0 Å². The van der Waals surface area contributed by atoms with Crippen LogP contribution >= 0.6 is 35.3 Å². The first-order chi connectivity index (χ1) is 16.7. The molecule has 4 heterocycles. The fraction of sp³-hybridized carbons (Fsp3) is 0.250. The number of carbonyl (C=O) groups is 3. The molecular weight excluding hydrogens is 514 g/mol. The van der Waals surface area contributed by atoms with Gasteiger partial charge in [-0.15, -0.1) is 23.1 Å². The molecule has 2 aliphatic rings. The summed E-state index contributed by atoms with van der Waals surface area (Å²) in [7, 11) is 1.27. The first kappa shape index (κ1) is 24.6. The van der Waals surface area contributed by atoms with Crippen molar-refractivity contribution < 1.29 is 28.9 Å². The SMILES string of the molecule is CO/N=C(\C(=O)N[C@@H]1C(=O)N2C(C(=O)[O-])=C(C[n+]3ccc(C(N)=S)cc3)CS[C@H]12)c1csc(N)n1. The van der Waals surface area contributed by atoms with E-state index in [0.717, 1.165) is 16.2 Å². The van der Waals surface area contributed by atoms with E-state index in [9.17, 15) is 19.5 Å². The number of β-lactam (4-membered cyclic amide) rings is 1. The predicted molar refractivity (Wildman–Crippen MR) is 130 cm³/mol. The molecular formula is C20H19N7O5S3. The van der Waals surface area contributed by atoms with Crippen molar-refractivity contribution in [1.29, 1.82) is 0 Å². The third-order valence-corrected chi connectivity index (χ3v) is 7.49. The minimum absolute atomic E-state index is 0.152. The maximum absolute atomic E-state index is 12.9. The smallest absolute Gasteiger partial charge is 0.276 e. The van der Waals surface area contributed by atoms with Crippen LogP contribution in [-0.4, -0.2) is 62.6 Å². The number of nitrogens with zero attached hydrogens (tertiary/aromatic N) is 4. The minimum atomic E-state index is -1.47. The second kappa shape index (κ2) is 9.97. The Hall–Kier alpha value is -3.56. The van der Waals surface area contributed by atoms with Crippen molar-refractivity contribution >= 4 is 68.9 Å². The van der Waals surface area contributed by atoms with E-state index in [1.165, 1.54) is 24.3 Å². The number of thiazole rings is 1. The van der Waals surface area contributed by atoms with E-state index in [4.69, 9.17) is 28.5 Å². The summed E-state index contributed by atoms with van der Waals surface area (Å²) in [5.41, 5.74) is 12.3. The van der Waals surface area contributed by atoms with Crippen LogP contribution in [0.3, 0.4) is 0 Å². The zero-order chi connectivity index (χ0) is 25.3. The quantitative estimate of drug-likeness (QED) is 0.114. The van der Waals surface area contributed by atoms with E-state index in [0.29, 0.717) is 16.9 Å². The lowest BCUT2D eigenvalue weighted by atomic mass is 10.0. The molecule has 5 N–H and O–H groups in total. The largest absolute Gasteiger partial charge is 0.543 e. The van der Waals surface area contributed by atoms with Crippen molar-refractivity contribution in [2.24, 2.45) is 10.9 Å². The van der Waals surface area contributed by atoms with Crippen molar-refractivity contribution in [3.63, 3.8) is 0 Å². The number of fused-ring (bicyclic) bond motifs is 1. The Kier molecular flexibility index (Phi) is 7.00. The predicted octanol–water partition coefficient (Wildman–Crippen LogP) is -1.90. The van der Waals surface area contributed by atoms with Gasteiger partial charge < -0.3 is 31.5 Å². The Balaban J connectivity index is 1.52. The number of nitrogens with one attached hydrogen (secondary N) is 1. The van der Waals surface area contributed by atoms with E-state index in [1.54, 1.807) is 29.1 Å². The number of hydrogen-bond donors (Lipinski definition) is 3. The zero-order valence-corrected chi connectivity index (χ0v) is 20.6. The number of rotatable bonds is 8. The molecule has 4 rings (SSSR count). The van der Waals surface area contributed by atoms with Gasteiger partial charge in [-0.25, -0.2) is 9.55 Å². The molecule has 0 bridgehead atoms. The second-order valence-corrected chi connectivity index (χ2v) is 9.85. The van der Waals surface area contributed by atoms with Crippen LogP contribution in [0, 0.1) is 0 Å². The standard InChI is InChI=1S/C20H19N7O5S3/c1-32-25-12(11-8-35-20(22)23-11)16(28)24-13-17(29)27-14(19(30)31)10(7-34-18(13)27)6-26-4-2-9(3-5-26)15(21)33/h2-5,8,13,18H,6-7H2,1H3,(H5-,21,22,23,24,28,30,31,33)/b25-12-/t13-,18-/m1/s1. The summed E-state index contributed by atoms with van der Waals surface area (Å²) in [6.07, 6.45) is 3.43. The normalized spacial score (nSPS) is 19.6. The minimum Gasteiger partial charge on any atom is -0.543 e. The number of carbonyl (C=O) groups excluding carboxylic acids is 3. The maximum Gasteiger partial charge on any atom is 0.276 e. The number of nitrogen functional groups attached to an aromatic ring is 1. The van der Waals surface area contributed by atoms with E-state index < -0.39 is 29.2 Å². The summed E-state index contributed by atoms with van der Waals surface area (Å²) in [6.45, 7) is 0.220. The van der Waals surface area contributed by atoms with Gasteiger partial charge in [-0.05, 0) is 0 Å². The lowest BCUT2D eigenvalue weighted by Crippen LogP contribution is -2.71. The molecule has 0 unspecified atom stereocenters. The van der Waals surface area contributed by atoms with Gasteiger partial charge in [-0.3, -0.25) is 14.5 Å². The number of oxime groups is 1. The van der Waals surface area contributed by atoms with Crippen LogP contribution < -0.4 is 26.5 Å². The number of carboxylic acid groups (broad SMARTS) is 1. The number of pyridine rings is 1. The van der Waals surface area contributed by atoms with Crippen molar-refractivity contribution in [3.8, 4) is 0 Å². The number of thioether (sulfide) groups is 1. The molecule has 15 heteroatoms. The van der Waals surface area contributed by atoms with Gasteiger partial charge in [0.05, 0.1) is 11.7 Å². The molecule has 0 saturated carbocycles. The van der Waals surface area contributed by atoms with Gasteiger partial charge in [0.15, 0.2) is 29.8 Å². The third-order valence-electron chi connectivity index (χ3n) is 5.24. The van der Waals surface area contributed by atoms with Gasteiger partial charge in [0.1, 0.15) is 29.2 Å². The molecule has 2 aliphatic heterocycles. The monoisotopic (exact) mass is 533 g/mol. The number of aliphatic carboxylic acids is 1. The van der Waals surface area contributed by atoms with Crippen LogP contribution in [-0.2, 0) is 25.8 Å². The highest BCUT2D eigenvalue weighted by atomic mass is 32.2. The number of carboxylic acids is 1. The highest BCUT2D eigenvalue weighted by Crippen LogP contribution is 2.40. The van der Waals surface area contributed by atoms with Crippen LogP contribution in [0.2, 0.25) is 0 Å². The number of nitrogens with two attached hydrogens (primary N) is 2. The average Bonchev–Trinajstić information content (AvgIpc) is 3.26. The molecule has 35 heavy (non-hydrogen) atoms. The van der Waals surface area contributed by atoms with Gasteiger partial charge in [0, 0.05) is 34.4 Å². The number of aromatic nitrogens is 2. The molecule has 0 radical (unpaired) electrons. The Morgan fingerprint density at radius 2 is 2.14 bits per heavy atom. The number of thiocarbonyl (C=S) groups is 1. The van der Waals surface area contributed by atoms with Gasteiger partial charge in [0.25, 0.3) is 11.8 Å². The van der Waals surface area contributed by atoms with E-state index >= 15 is 0 Å². The van der Waals surface area contributed by atoms with E-state index in [-0.39, 0.29) is 33.8 Å². The molecule has 2 atom stereocenters. The average molecular weight is 534 g/mol. The van der Waals surface area contributed by atoms with Crippen LogP contribution in [0.5, 0.6) is 0 Å². The van der Waals surface area contributed by atoms with Crippen molar-refractivity contribution in [2.45, 2.75) is 18.0 Å². The topological polar surface area (TPSA) is 180 Å². The summed E-state index contributed by atoms with van der Waals surface area (Å²) < 4.78 is 1.75. The first-order valence-electron chi connectivity index (χ1n) is 10.0. The van der Waals surface area contributed by atoms with Gasteiger partial charge in [0.2, 0.25) is 0 Å².